The van der Waals surface area contributed by atoms with Gasteiger partial charge >= 0.3 is 0 Å². The maximum atomic E-state index is 11.7. The summed E-state index contributed by atoms with van der Waals surface area (Å²) in [5, 5.41) is 4.08. The summed E-state index contributed by atoms with van der Waals surface area (Å²) in [6, 6.07) is 7.47. The van der Waals surface area contributed by atoms with Gasteiger partial charge in [-0.1, -0.05) is 31.5 Å². The summed E-state index contributed by atoms with van der Waals surface area (Å²) in [5.41, 5.74) is 5.30. The second-order valence-electron chi connectivity index (χ2n) is 3.70. The SMILES string of the molecule is CCC(CC)=NNC(=O)c1cccc(C)c1. The van der Waals surface area contributed by atoms with Gasteiger partial charge in [0, 0.05) is 11.3 Å². The third kappa shape index (κ3) is 3.50. The van der Waals surface area contributed by atoms with Crippen LogP contribution in [-0.2, 0) is 0 Å². The highest BCUT2D eigenvalue weighted by molar-refractivity contribution is 5.95. The molecule has 0 aromatic heterocycles. The van der Waals surface area contributed by atoms with Crippen LogP contribution in [0.25, 0.3) is 0 Å². The van der Waals surface area contributed by atoms with E-state index in [0.29, 0.717) is 5.56 Å². The van der Waals surface area contributed by atoms with Crippen LogP contribution in [0.1, 0.15) is 42.6 Å². The number of benzene rings is 1. The number of hydrogen-bond acceptors (Lipinski definition) is 2. The number of nitrogens with one attached hydrogen (secondary N) is 1. The Balaban J connectivity index is 2.69. The topological polar surface area (TPSA) is 41.5 Å². The number of carbonyl (C=O) groups is 1. The molecule has 1 aromatic rings. The highest BCUT2D eigenvalue weighted by Crippen LogP contribution is 2.03. The average Bonchev–Trinajstić information content (AvgIpc) is 2.30. The van der Waals surface area contributed by atoms with Gasteiger partial charge in [-0.2, -0.15) is 5.10 Å². The molecule has 0 radical (unpaired) electrons. The van der Waals surface area contributed by atoms with Gasteiger partial charge < -0.3 is 0 Å². The van der Waals surface area contributed by atoms with Crippen LogP contribution in [0.4, 0.5) is 0 Å². The number of hydrogen-bond donors (Lipinski definition) is 1. The predicted molar refractivity (Wildman–Crippen MR) is 66.7 cm³/mol. The van der Waals surface area contributed by atoms with Gasteiger partial charge in [-0.05, 0) is 31.9 Å². The first-order chi connectivity index (χ1) is 7.67. The van der Waals surface area contributed by atoms with E-state index < -0.39 is 0 Å². The maximum Gasteiger partial charge on any atom is 0.271 e. The van der Waals surface area contributed by atoms with Crippen LogP contribution in [0.3, 0.4) is 0 Å². The predicted octanol–water partition coefficient (Wildman–Crippen LogP) is 2.90. The minimum Gasteiger partial charge on any atom is -0.267 e. The minimum absolute atomic E-state index is 0.150. The van der Waals surface area contributed by atoms with Crippen molar-refractivity contribution in [1.29, 1.82) is 0 Å². The van der Waals surface area contributed by atoms with Gasteiger partial charge in [0.1, 0.15) is 0 Å². The molecule has 0 saturated carbocycles. The van der Waals surface area contributed by atoms with Crippen molar-refractivity contribution in [2.45, 2.75) is 33.6 Å². The third-order valence-electron chi connectivity index (χ3n) is 2.41. The molecular weight excluding hydrogens is 200 g/mol. The molecule has 3 heteroatoms. The molecule has 0 fully saturated rings. The van der Waals surface area contributed by atoms with E-state index in [1.807, 2.05) is 39.0 Å². The van der Waals surface area contributed by atoms with E-state index in [-0.39, 0.29) is 5.91 Å². The Morgan fingerprint density at radius 3 is 2.56 bits per heavy atom. The Bertz CT molecular complexity index is 391. The lowest BCUT2D eigenvalue weighted by atomic mass is 10.1. The Kier molecular flexibility index (Phi) is 4.70. The lowest BCUT2D eigenvalue weighted by molar-refractivity contribution is 0.0954. The van der Waals surface area contributed by atoms with Crippen LogP contribution in [0.15, 0.2) is 29.4 Å². The quantitative estimate of drug-likeness (QED) is 0.612. The van der Waals surface area contributed by atoms with Crippen molar-refractivity contribution < 1.29 is 4.79 Å². The van der Waals surface area contributed by atoms with Gasteiger partial charge in [0.25, 0.3) is 5.91 Å². The number of nitrogens with zero attached hydrogens (tertiary/aromatic N) is 1. The number of aryl methyl sites for hydroxylation is 1. The number of hydrazone groups is 1. The van der Waals surface area contributed by atoms with E-state index in [1.165, 1.54) is 0 Å². The van der Waals surface area contributed by atoms with Crippen LogP contribution >= 0.6 is 0 Å². The van der Waals surface area contributed by atoms with Gasteiger partial charge in [-0.3, -0.25) is 4.79 Å². The van der Waals surface area contributed by atoms with Crippen molar-refractivity contribution in [3.05, 3.63) is 35.4 Å². The zero-order valence-corrected chi connectivity index (χ0v) is 10.1. The first-order valence-electron chi connectivity index (χ1n) is 5.59. The van der Waals surface area contributed by atoms with Crippen LogP contribution in [-0.4, -0.2) is 11.6 Å². The molecular formula is C13H18N2O. The standard InChI is InChI=1S/C13H18N2O/c1-4-12(5-2)14-15-13(16)11-8-6-7-10(3)9-11/h6-9H,4-5H2,1-3H3,(H,15,16). The van der Waals surface area contributed by atoms with Gasteiger partial charge in [0.15, 0.2) is 0 Å². The lowest BCUT2D eigenvalue weighted by Gasteiger charge is -2.03. The molecule has 0 heterocycles. The maximum absolute atomic E-state index is 11.7. The van der Waals surface area contributed by atoms with Crippen molar-refractivity contribution in [2.75, 3.05) is 0 Å². The summed E-state index contributed by atoms with van der Waals surface area (Å²) in [6.07, 6.45) is 1.73. The third-order valence-corrected chi connectivity index (χ3v) is 2.41. The highest BCUT2D eigenvalue weighted by atomic mass is 16.2. The first-order valence-corrected chi connectivity index (χ1v) is 5.59. The first kappa shape index (κ1) is 12.4. The normalized spacial score (nSPS) is 9.69. The van der Waals surface area contributed by atoms with Gasteiger partial charge in [-0.25, -0.2) is 5.43 Å². The van der Waals surface area contributed by atoms with Crippen LogP contribution in [0, 0.1) is 6.92 Å². The molecule has 0 aliphatic carbocycles. The molecule has 0 unspecified atom stereocenters. The molecule has 3 nitrogen and oxygen atoms in total. The number of amides is 1. The molecule has 86 valence electrons. The largest absolute Gasteiger partial charge is 0.271 e. The fourth-order valence-corrected chi connectivity index (χ4v) is 1.39. The van der Waals surface area contributed by atoms with E-state index >= 15 is 0 Å². The molecule has 0 aliphatic heterocycles. The Labute approximate surface area is 96.6 Å². The Morgan fingerprint density at radius 2 is 2.00 bits per heavy atom. The minimum atomic E-state index is -0.150. The van der Waals surface area contributed by atoms with Crippen molar-refractivity contribution in [1.82, 2.24) is 5.43 Å². The fraction of sp³-hybridized carbons (Fsp3) is 0.385. The van der Waals surface area contributed by atoms with Crippen LogP contribution < -0.4 is 5.43 Å². The zero-order chi connectivity index (χ0) is 12.0. The van der Waals surface area contributed by atoms with Crippen molar-refractivity contribution >= 4 is 11.6 Å². The van der Waals surface area contributed by atoms with Gasteiger partial charge in [0.05, 0.1) is 0 Å². The fourth-order valence-electron chi connectivity index (χ4n) is 1.39. The second-order valence-corrected chi connectivity index (χ2v) is 3.70. The van der Waals surface area contributed by atoms with E-state index in [4.69, 9.17) is 0 Å². The van der Waals surface area contributed by atoms with Crippen LogP contribution in [0.2, 0.25) is 0 Å². The number of carbonyl (C=O) groups excluding carboxylic acids is 1. The van der Waals surface area contributed by atoms with Gasteiger partial charge in [0.2, 0.25) is 0 Å². The molecule has 0 spiro atoms. The molecule has 0 bridgehead atoms. The summed E-state index contributed by atoms with van der Waals surface area (Å²) in [5.74, 6) is -0.150. The van der Waals surface area contributed by atoms with Crippen LogP contribution in [0.5, 0.6) is 0 Å². The molecule has 1 N–H and O–H groups in total. The Morgan fingerprint density at radius 1 is 1.31 bits per heavy atom. The molecule has 0 saturated heterocycles. The summed E-state index contributed by atoms with van der Waals surface area (Å²) in [6.45, 7) is 6.02. The zero-order valence-electron chi connectivity index (χ0n) is 10.1. The van der Waals surface area contributed by atoms with Crippen molar-refractivity contribution in [2.24, 2.45) is 5.10 Å². The second kappa shape index (κ2) is 6.05. The Hall–Kier alpha value is -1.64. The van der Waals surface area contributed by atoms with Gasteiger partial charge in [-0.15, -0.1) is 0 Å². The molecule has 1 aromatic carbocycles. The highest BCUT2D eigenvalue weighted by Gasteiger charge is 2.03. The van der Waals surface area contributed by atoms with Crippen molar-refractivity contribution in [3.8, 4) is 0 Å². The van der Waals surface area contributed by atoms with E-state index in [2.05, 4.69) is 10.5 Å². The molecule has 0 atom stereocenters. The molecule has 1 rings (SSSR count). The molecule has 0 aliphatic rings. The molecule has 16 heavy (non-hydrogen) atoms. The number of rotatable bonds is 4. The van der Waals surface area contributed by atoms with E-state index in [1.54, 1.807) is 6.07 Å². The lowest BCUT2D eigenvalue weighted by Crippen LogP contribution is -2.19. The monoisotopic (exact) mass is 218 g/mol. The summed E-state index contributed by atoms with van der Waals surface area (Å²) < 4.78 is 0. The average molecular weight is 218 g/mol. The summed E-state index contributed by atoms with van der Waals surface area (Å²) in [7, 11) is 0. The van der Waals surface area contributed by atoms with E-state index in [9.17, 15) is 4.79 Å². The summed E-state index contributed by atoms with van der Waals surface area (Å²) >= 11 is 0. The molecule has 1 amide bonds. The van der Waals surface area contributed by atoms with E-state index in [0.717, 1.165) is 24.1 Å². The summed E-state index contributed by atoms with van der Waals surface area (Å²) in [4.78, 5) is 11.7. The smallest absolute Gasteiger partial charge is 0.267 e. The van der Waals surface area contributed by atoms with Crippen molar-refractivity contribution in [3.63, 3.8) is 0 Å².